The van der Waals surface area contributed by atoms with Crippen LogP contribution in [-0.2, 0) is 19.6 Å². The SMILES string of the molecule is C=CC(=O)OCCNS(=O)(=O)CC(CCC)CCCCCC. The molecule has 1 N–H and O–H groups in total. The molecular formula is C16H31NO4S. The Morgan fingerprint density at radius 3 is 2.50 bits per heavy atom. The van der Waals surface area contributed by atoms with E-state index in [0.29, 0.717) is 0 Å². The Balaban J connectivity index is 4.13. The van der Waals surface area contributed by atoms with Gasteiger partial charge < -0.3 is 4.74 Å². The van der Waals surface area contributed by atoms with Crippen LogP contribution in [0.2, 0.25) is 0 Å². The van der Waals surface area contributed by atoms with Crippen LogP contribution in [0.25, 0.3) is 0 Å². The zero-order valence-electron chi connectivity index (χ0n) is 14.0. The quantitative estimate of drug-likeness (QED) is 0.301. The summed E-state index contributed by atoms with van der Waals surface area (Å²) in [6, 6.07) is 0. The normalized spacial score (nSPS) is 12.8. The minimum absolute atomic E-state index is 0.0268. The number of carbonyl (C=O) groups is 1. The lowest BCUT2D eigenvalue weighted by Crippen LogP contribution is -2.32. The molecule has 0 rings (SSSR count). The van der Waals surface area contributed by atoms with Gasteiger partial charge in [-0.2, -0.15) is 0 Å². The third-order valence-electron chi connectivity index (χ3n) is 3.45. The van der Waals surface area contributed by atoms with Gasteiger partial charge in [-0.1, -0.05) is 52.5 Å². The van der Waals surface area contributed by atoms with Gasteiger partial charge in [-0.05, 0) is 18.8 Å². The summed E-state index contributed by atoms with van der Waals surface area (Å²) in [5.74, 6) is -0.184. The first-order chi connectivity index (χ1) is 10.4. The summed E-state index contributed by atoms with van der Waals surface area (Å²) in [5.41, 5.74) is 0. The van der Waals surface area contributed by atoms with Crippen molar-refractivity contribution >= 4 is 16.0 Å². The summed E-state index contributed by atoms with van der Waals surface area (Å²) in [7, 11) is -3.32. The van der Waals surface area contributed by atoms with E-state index in [-0.39, 0.29) is 24.8 Å². The molecule has 1 atom stereocenters. The van der Waals surface area contributed by atoms with Gasteiger partial charge in [0.2, 0.25) is 10.0 Å². The van der Waals surface area contributed by atoms with E-state index in [2.05, 4.69) is 25.1 Å². The number of esters is 1. The van der Waals surface area contributed by atoms with E-state index in [0.717, 1.165) is 31.8 Å². The van der Waals surface area contributed by atoms with Crippen molar-refractivity contribution in [3.63, 3.8) is 0 Å². The monoisotopic (exact) mass is 333 g/mol. The minimum Gasteiger partial charge on any atom is -0.461 e. The summed E-state index contributed by atoms with van der Waals surface area (Å²) >= 11 is 0. The third-order valence-corrected chi connectivity index (χ3v) is 5.01. The first kappa shape index (κ1) is 21.1. The number of sulfonamides is 1. The lowest BCUT2D eigenvalue weighted by molar-refractivity contribution is -0.137. The maximum Gasteiger partial charge on any atom is 0.330 e. The average molecular weight is 333 g/mol. The van der Waals surface area contributed by atoms with Crippen LogP contribution in [0.5, 0.6) is 0 Å². The fraction of sp³-hybridized carbons (Fsp3) is 0.812. The van der Waals surface area contributed by atoms with Crippen molar-refractivity contribution in [2.24, 2.45) is 5.92 Å². The highest BCUT2D eigenvalue weighted by molar-refractivity contribution is 7.89. The van der Waals surface area contributed by atoms with Crippen LogP contribution in [0.4, 0.5) is 0 Å². The van der Waals surface area contributed by atoms with Crippen LogP contribution in [0.3, 0.4) is 0 Å². The molecule has 0 amide bonds. The third kappa shape index (κ3) is 11.7. The van der Waals surface area contributed by atoms with E-state index in [1.807, 2.05) is 0 Å². The Morgan fingerprint density at radius 2 is 1.91 bits per heavy atom. The van der Waals surface area contributed by atoms with Crippen molar-refractivity contribution in [1.29, 1.82) is 0 Å². The van der Waals surface area contributed by atoms with Gasteiger partial charge in [-0.15, -0.1) is 0 Å². The fourth-order valence-electron chi connectivity index (χ4n) is 2.36. The molecule has 1 unspecified atom stereocenters. The summed E-state index contributed by atoms with van der Waals surface area (Å²) in [6.07, 6.45) is 8.58. The molecule has 0 radical (unpaired) electrons. The predicted octanol–water partition coefficient (Wildman–Crippen LogP) is 3.02. The Labute approximate surface area is 135 Å². The molecule has 0 fully saturated rings. The Hall–Kier alpha value is -0.880. The lowest BCUT2D eigenvalue weighted by Gasteiger charge is -2.16. The molecular weight excluding hydrogens is 302 g/mol. The Kier molecular flexibility index (Phi) is 12.1. The number of carbonyl (C=O) groups excluding carboxylic acids is 1. The van der Waals surface area contributed by atoms with E-state index in [9.17, 15) is 13.2 Å². The largest absolute Gasteiger partial charge is 0.461 e. The molecule has 0 aliphatic rings. The first-order valence-electron chi connectivity index (χ1n) is 8.21. The molecule has 5 nitrogen and oxygen atoms in total. The van der Waals surface area contributed by atoms with E-state index in [4.69, 9.17) is 4.74 Å². The Bertz CT molecular complexity index is 406. The molecule has 0 aliphatic carbocycles. The highest BCUT2D eigenvalue weighted by Crippen LogP contribution is 2.18. The van der Waals surface area contributed by atoms with Crippen molar-refractivity contribution in [2.45, 2.75) is 58.8 Å². The number of hydrogen-bond acceptors (Lipinski definition) is 4. The molecule has 0 aliphatic heterocycles. The van der Waals surface area contributed by atoms with Gasteiger partial charge in [0.25, 0.3) is 0 Å². The summed E-state index contributed by atoms with van der Waals surface area (Å²) in [4.78, 5) is 10.9. The molecule has 0 aromatic carbocycles. The second kappa shape index (κ2) is 12.6. The van der Waals surface area contributed by atoms with Gasteiger partial charge >= 0.3 is 5.97 Å². The smallest absolute Gasteiger partial charge is 0.330 e. The first-order valence-corrected chi connectivity index (χ1v) is 9.86. The Morgan fingerprint density at radius 1 is 1.18 bits per heavy atom. The number of nitrogens with one attached hydrogen (secondary N) is 1. The van der Waals surface area contributed by atoms with Gasteiger partial charge in [0.1, 0.15) is 6.61 Å². The van der Waals surface area contributed by atoms with Crippen molar-refractivity contribution in [3.8, 4) is 0 Å². The second-order valence-electron chi connectivity index (χ2n) is 5.55. The van der Waals surface area contributed by atoms with Gasteiger partial charge in [0.15, 0.2) is 0 Å². The zero-order chi connectivity index (χ0) is 16.8. The molecule has 0 aromatic heterocycles. The van der Waals surface area contributed by atoms with Crippen LogP contribution < -0.4 is 4.72 Å². The van der Waals surface area contributed by atoms with Crippen LogP contribution >= 0.6 is 0 Å². The summed E-state index contributed by atoms with van der Waals surface area (Å²) in [5, 5.41) is 0. The lowest BCUT2D eigenvalue weighted by atomic mass is 9.98. The predicted molar refractivity (Wildman–Crippen MR) is 90.1 cm³/mol. The molecule has 0 saturated heterocycles. The van der Waals surface area contributed by atoms with Crippen LogP contribution in [0.1, 0.15) is 58.8 Å². The van der Waals surface area contributed by atoms with Crippen molar-refractivity contribution in [3.05, 3.63) is 12.7 Å². The molecule has 130 valence electrons. The van der Waals surface area contributed by atoms with Gasteiger partial charge in [-0.3, -0.25) is 0 Å². The standard InChI is InChI=1S/C16H31NO4S/c1-4-7-8-9-11-15(10-5-2)14-22(19,20)17-12-13-21-16(18)6-3/h6,15,17H,3-5,7-14H2,1-2H3. The van der Waals surface area contributed by atoms with Crippen molar-refractivity contribution in [2.75, 3.05) is 18.9 Å². The van der Waals surface area contributed by atoms with Crippen molar-refractivity contribution in [1.82, 2.24) is 4.72 Å². The summed E-state index contributed by atoms with van der Waals surface area (Å²) in [6.45, 7) is 7.65. The second-order valence-corrected chi connectivity index (χ2v) is 7.40. The van der Waals surface area contributed by atoms with E-state index < -0.39 is 16.0 Å². The van der Waals surface area contributed by atoms with Gasteiger partial charge in [-0.25, -0.2) is 17.9 Å². The van der Waals surface area contributed by atoms with Crippen LogP contribution in [0, 0.1) is 5.92 Å². The van der Waals surface area contributed by atoms with E-state index >= 15 is 0 Å². The number of rotatable bonds is 14. The molecule has 0 heterocycles. The highest BCUT2D eigenvalue weighted by Gasteiger charge is 2.18. The molecule has 0 aromatic rings. The molecule has 0 saturated carbocycles. The molecule has 0 spiro atoms. The van der Waals surface area contributed by atoms with E-state index in [1.165, 1.54) is 19.3 Å². The molecule has 6 heteroatoms. The van der Waals surface area contributed by atoms with Crippen molar-refractivity contribution < 1.29 is 17.9 Å². The molecule has 22 heavy (non-hydrogen) atoms. The number of hydrogen-bond donors (Lipinski definition) is 1. The highest BCUT2D eigenvalue weighted by atomic mass is 32.2. The van der Waals surface area contributed by atoms with E-state index in [1.54, 1.807) is 0 Å². The molecule has 0 bridgehead atoms. The van der Waals surface area contributed by atoms with Crippen LogP contribution in [-0.4, -0.2) is 33.3 Å². The maximum absolute atomic E-state index is 12.0. The topological polar surface area (TPSA) is 72.5 Å². The minimum atomic E-state index is -3.32. The average Bonchev–Trinajstić information content (AvgIpc) is 2.47. The maximum atomic E-state index is 12.0. The van der Waals surface area contributed by atoms with Gasteiger partial charge in [0.05, 0.1) is 5.75 Å². The fourth-order valence-corrected chi connectivity index (χ4v) is 3.82. The summed E-state index contributed by atoms with van der Waals surface area (Å²) < 4.78 is 31.3. The van der Waals surface area contributed by atoms with Gasteiger partial charge in [0, 0.05) is 12.6 Å². The van der Waals surface area contributed by atoms with Crippen LogP contribution in [0.15, 0.2) is 12.7 Å². The number of ether oxygens (including phenoxy) is 1. The number of unbranched alkanes of at least 4 members (excludes halogenated alkanes) is 3. The zero-order valence-corrected chi connectivity index (χ0v) is 14.8.